The number of carbonyl (C=O) groups excluding carboxylic acids is 1. The van der Waals surface area contributed by atoms with Crippen molar-refractivity contribution < 1.29 is 13.6 Å². The Kier molecular flexibility index (Phi) is 3.00. The van der Waals surface area contributed by atoms with Gasteiger partial charge in [0.1, 0.15) is 17.3 Å². The van der Waals surface area contributed by atoms with Crippen molar-refractivity contribution in [2.45, 2.75) is 32.2 Å². The standard InChI is InChI=1S/C13H16F2N2O/c1-13(2,8-3-4-8)17-12(18)7-5-9(14)11(16)10(15)6-7/h5-6,8H,3-4,16H2,1-2H3,(H,17,18). The maximum atomic E-state index is 13.3. The minimum atomic E-state index is -0.913. The zero-order valence-corrected chi connectivity index (χ0v) is 10.4. The molecule has 0 saturated heterocycles. The van der Waals surface area contributed by atoms with Crippen LogP contribution in [0.15, 0.2) is 12.1 Å². The minimum Gasteiger partial charge on any atom is -0.394 e. The van der Waals surface area contributed by atoms with Gasteiger partial charge in [0, 0.05) is 11.1 Å². The van der Waals surface area contributed by atoms with E-state index in [0.29, 0.717) is 5.92 Å². The quantitative estimate of drug-likeness (QED) is 0.814. The Morgan fingerprint density at radius 2 is 1.83 bits per heavy atom. The second kappa shape index (κ2) is 4.23. The van der Waals surface area contributed by atoms with E-state index in [2.05, 4.69) is 5.32 Å². The number of nitrogens with one attached hydrogen (secondary N) is 1. The molecule has 0 radical (unpaired) electrons. The Bertz CT molecular complexity index is 473. The van der Waals surface area contributed by atoms with Crippen molar-refractivity contribution in [2.75, 3.05) is 5.73 Å². The zero-order valence-electron chi connectivity index (χ0n) is 10.4. The lowest BCUT2D eigenvalue weighted by atomic mass is 9.98. The second-order valence-corrected chi connectivity index (χ2v) is 5.30. The monoisotopic (exact) mass is 254 g/mol. The fourth-order valence-electron chi connectivity index (χ4n) is 1.99. The molecule has 0 atom stereocenters. The van der Waals surface area contributed by atoms with Gasteiger partial charge in [0.25, 0.3) is 5.91 Å². The summed E-state index contributed by atoms with van der Waals surface area (Å²) in [5.41, 5.74) is 4.19. The number of amides is 1. The van der Waals surface area contributed by atoms with Gasteiger partial charge in [-0.05, 0) is 44.7 Å². The van der Waals surface area contributed by atoms with Crippen molar-refractivity contribution in [1.29, 1.82) is 0 Å². The molecule has 1 aliphatic rings. The van der Waals surface area contributed by atoms with Gasteiger partial charge in [-0.3, -0.25) is 4.79 Å². The number of nitrogen functional groups attached to an aromatic ring is 1. The molecule has 3 N–H and O–H groups in total. The van der Waals surface area contributed by atoms with E-state index >= 15 is 0 Å². The van der Waals surface area contributed by atoms with Gasteiger partial charge in [-0.15, -0.1) is 0 Å². The molecule has 0 heterocycles. The van der Waals surface area contributed by atoms with Crippen LogP contribution in [0.25, 0.3) is 0 Å². The number of carbonyl (C=O) groups is 1. The number of nitrogens with two attached hydrogens (primary N) is 1. The molecule has 1 aromatic rings. The van der Waals surface area contributed by atoms with Crippen LogP contribution in [0.4, 0.5) is 14.5 Å². The van der Waals surface area contributed by atoms with Crippen LogP contribution in [0.2, 0.25) is 0 Å². The molecule has 98 valence electrons. The lowest BCUT2D eigenvalue weighted by Gasteiger charge is -2.26. The van der Waals surface area contributed by atoms with Gasteiger partial charge in [-0.1, -0.05) is 0 Å². The third kappa shape index (κ3) is 2.44. The molecule has 1 aromatic carbocycles. The van der Waals surface area contributed by atoms with Crippen molar-refractivity contribution in [2.24, 2.45) is 5.92 Å². The second-order valence-electron chi connectivity index (χ2n) is 5.30. The molecule has 2 rings (SSSR count). The first-order valence-electron chi connectivity index (χ1n) is 5.88. The first-order valence-corrected chi connectivity index (χ1v) is 5.88. The molecular weight excluding hydrogens is 238 g/mol. The fraction of sp³-hybridized carbons (Fsp3) is 0.462. The van der Waals surface area contributed by atoms with Crippen LogP contribution in [-0.4, -0.2) is 11.4 Å². The van der Waals surface area contributed by atoms with E-state index in [0.717, 1.165) is 25.0 Å². The molecule has 1 amide bonds. The summed E-state index contributed by atoms with van der Waals surface area (Å²) in [4.78, 5) is 11.9. The van der Waals surface area contributed by atoms with E-state index in [-0.39, 0.29) is 11.1 Å². The largest absolute Gasteiger partial charge is 0.394 e. The van der Waals surface area contributed by atoms with Gasteiger partial charge in [0.2, 0.25) is 0 Å². The number of benzene rings is 1. The Hall–Kier alpha value is -1.65. The summed E-state index contributed by atoms with van der Waals surface area (Å²) in [6.07, 6.45) is 2.13. The number of halogens is 2. The smallest absolute Gasteiger partial charge is 0.251 e. The Labute approximate surface area is 104 Å². The summed E-state index contributed by atoms with van der Waals surface area (Å²) in [7, 11) is 0. The number of hydrogen-bond acceptors (Lipinski definition) is 2. The van der Waals surface area contributed by atoms with Gasteiger partial charge < -0.3 is 11.1 Å². The summed E-state index contributed by atoms with van der Waals surface area (Å²) in [6, 6.07) is 1.91. The molecule has 1 fully saturated rings. The van der Waals surface area contributed by atoms with Crippen LogP contribution in [0.5, 0.6) is 0 Å². The lowest BCUT2D eigenvalue weighted by molar-refractivity contribution is 0.0902. The van der Waals surface area contributed by atoms with Gasteiger partial charge >= 0.3 is 0 Å². The Balaban J connectivity index is 2.18. The predicted octanol–water partition coefficient (Wildman–Crippen LogP) is 2.47. The highest BCUT2D eigenvalue weighted by Crippen LogP contribution is 2.39. The van der Waals surface area contributed by atoms with Crippen molar-refractivity contribution in [3.8, 4) is 0 Å². The third-order valence-electron chi connectivity index (χ3n) is 3.37. The van der Waals surface area contributed by atoms with E-state index in [1.807, 2.05) is 13.8 Å². The Morgan fingerprint density at radius 3 is 2.28 bits per heavy atom. The predicted molar refractivity (Wildman–Crippen MR) is 65.0 cm³/mol. The molecule has 1 aliphatic carbocycles. The van der Waals surface area contributed by atoms with Crippen LogP contribution in [0, 0.1) is 17.6 Å². The van der Waals surface area contributed by atoms with Crippen molar-refractivity contribution in [3.63, 3.8) is 0 Å². The molecule has 18 heavy (non-hydrogen) atoms. The summed E-state index contributed by atoms with van der Waals surface area (Å²) in [6.45, 7) is 3.82. The van der Waals surface area contributed by atoms with Crippen molar-refractivity contribution in [3.05, 3.63) is 29.3 Å². The van der Waals surface area contributed by atoms with Crippen LogP contribution >= 0.6 is 0 Å². The van der Waals surface area contributed by atoms with Crippen molar-refractivity contribution >= 4 is 11.6 Å². The summed E-state index contributed by atoms with van der Waals surface area (Å²) in [5.74, 6) is -1.87. The van der Waals surface area contributed by atoms with E-state index < -0.39 is 23.2 Å². The van der Waals surface area contributed by atoms with Crippen molar-refractivity contribution in [1.82, 2.24) is 5.32 Å². The summed E-state index contributed by atoms with van der Waals surface area (Å²) < 4.78 is 26.5. The van der Waals surface area contributed by atoms with Gasteiger partial charge in [-0.25, -0.2) is 8.78 Å². The van der Waals surface area contributed by atoms with Crippen LogP contribution < -0.4 is 11.1 Å². The van der Waals surface area contributed by atoms with Crippen LogP contribution in [-0.2, 0) is 0 Å². The lowest BCUT2D eigenvalue weighted by Crippen LogP contribution is -2.45. The maximum absolute atomic E-state index is 13.3. The molecule has 0 bridgehead atoms. The summed E-state index contributed by atoms with van der Waals surface area (Å²) in [5, 5.41) is 2.80. The zero-order chi connectivity index (χ0) is 13.5. The molecule has 0 spiro atoms. The number of rotatable bonds is 3. The highest BCUT2D eigenvalue weighted by molar-refractivity contribution is 5.95. The number of hydrogen-bond donors (Lipinski definition) is 2. The van der Waals surface area contributed by atoms with Crippen LogP contribution in [0.1, 0.15) is 37.0 Å². The normalized spacial score (nSPS) is 15.6. The molecule has 1 saturated carbocycles. The SMILES string of the molecule is CC(C)(NC(=O)c1cc(F)c(N)c(F)c1)C1CC1. The fourth-order valence-corrected chi connectivity index (χ4v) is 1.99. The van der Waals surface area contributed by atoms with Gasteiger partial charge in [0.15, 0.2) is 0 Å². The van der Waals surface area contributed by atoms with Gasteiger partial charge in [0.05, 0.1) is 0 Å². The average Bonchev–Trinajstić information content (AvgIpc) is 3.08. The van der Waals surface area contributed by atoms with E-state index in [1.54, 1.807) is 0 Å². The topological polar surface area (TPSA) is 55.1 Å². The van der Waals surface area contributed by atoms with E-state index in [9.17, 15) is 13.6 Å². The molecule has 3 nitrogen and oxygen atoms in total. The highest BCUT2D eigenvalue weighted by Gasteiger charge is 2.38. The maximum Gasteiger partial charge on any atom is 0.251 e. The molecular formula is C13H16F2N2O. The first-order chi connectivity index (χ1) is 8.31. The molecule has 0 unspecified atom stereocenters. The molecule has 0 aliphatic heterocycles. The first kappa shape index (κ1) is 12.8. The highest BCUT2D eigenvalue weighted by atomic mass is 19.1. The third-order valence-corrected chi connectivity index (χ3v) is 3.37. The molecule has 0 aromatic heterocycles. The molecule has 5 heteroatoms. The minimum absolute atomic E-state index is 0.0482. The number of anilines is 1. The average molecular weight is 254 g/mol. The summed E-state index contributed by atoms with van der Waals surface area (Å²) >= 11 is 0. The van der Waals surface area contributed by atoms with Crippen LogP contribution in [0.3, 0.4) is 0 Å². The van der Waals surface area contributed by atoms with Gasteiger partial charge in [-0.2, -0.15) is 0 Å². The van der Waals surface area contributed by atoms with E-state index in [1.165, 1.54) is 0 Å². The Morgan fingerprint density at radius 1 is 1.33 bits per heavy atom. The van der Waals surface area contributed by atoms with E-state index in [4.69, 9.17) is 5.73 Å².